The van der Waals surface area contributed by atoms with Gasteiger partial charge in [-0.25, -0.2) is 13.1 Å². The van der Waals surface area contributed by atoms with Crippen molar-refractivity contribution >= 4 is 38.2 Å². The Hall–Kier alpha value is -3.53. The molecule has 0 saturated heterocycles. The van der Waals surface area contributed by atoms with Crippen molar-refractivity contribution in [3.8, 4) is 0 Å². The molecule has 184 valence electrons. The summed E-state index contributed by atoms with van der Waals surface area (Å²) in [5.74, 6) is -0.0657. The van der Waals surface area contributed by atoms with Crippen LogP contribution in [0.2, 0.25) is 0 Å². The first-order valence-electron chi connectivity index (χ1n) is 11.9. The molecule has 0 radical (unpaired) electrons. The summed E-state index contributed by atoms with van der Waals surface area (Å²) in [6.07, 6.45) is 5.07. The van der Waals surface area contributed by atoms with Gasteiger partial charge in [0.2, 0.25) is 0 Å². The second-order valence-corrected chi connectivity index (χ2v) is 10.2. The minimum atomic E-state index is -3.85. The van der Waals surface area contributed by atoms with E-state index in [0.717, 1.165) is 32.1 Å². The van der Waals surface area contributed by atoms with Crippen LogP contribution in [0, 0.1) is 0 Å². The van der Waals surface area contributed by atoms with Gasteiger partial charge in [0.15, 0.2) is 5.69 Å². The summed E-state index contributed by atoms with van der Waals surface area (Å²) >= 11 is 0. The van der Waals surface area contributed by atoms with Crippen molar-refractivity contribution in [3.63, 3.8) is 0 Å². The molecule has 0 spiro atoms. The fraction of sp³-hybridized carbons (Fsp3) is 0.360. The van der Waals surface area contributed by atoms with E-state index in [1.165, 1.54) is 16.8 Å². The normalized spacial score (nSPS) is 14.3. The highest BCUT2D eigenvalue weighted by Gasteiger charge is 2.20. The van der Waals surface area contributed by atoms with Gasteiger partial charge in [-0.3, -0.25) is 19.3 Å². The number of hydrogen-bond acceptors (Lipinski definition) is 6. The van der Waals surface area contributed by atoms with Crippen LogP contribution in [0.1, 0.15) is 55.9 Å². The molecule has 2 heterocycles. The zero-order valence-electron chi connectivity index (χ0n) is 19.7. The average Bonchev–Trinajstić information content (AvgIpc) is 3.12. The number of unbranched alkanes of at least 4 members (excludes halogenated alkanes) is 1. The maximum absolute atomic E-state index is 13.2. The number of fused-ring (bicyclic) bond motifs is 1. The molecule has 0 bridgehead atoms. The number of carbonyl (C=O) groups excluding carboxylic acids is 1. The number of amidine groups is 1. The monoisotopic (exact) mass is 495 g/mol. The van der Waals surface area contributed by atoms with Crippen LogP contribution in [0.25, 0.3) is 10.8 Å². The summed E-state index contributed by atoms with van der Waals surface area (Å²) in [7, 11) is -3.85. The van der Waals surface area contributed by atoms with Crippen molar-refractivity contribution in [2.45, 2.75) is 56.9 Å². The number of aliphatic imine (C=N–C) groups is 1. The average molecular weight is 496 g/mol. The van der Waals surface area contributed by atoms with E-state index in [1.807, 2.05) is 6.92 Å². The molecule has 3 aromatic rings. The maximum atomic E-state index is 13.2. The largest absolute Gasteiger partial charge is 0.321 e. The van der Waals surface area contributed by atoms with Gasteiger partial charge in [-0.15, -0.1) is 0 Å². The minimum Gasteiger partial charge on any atom is -0.321 e. The molecule has 2 aromatic carbocycles. The number of aryl methyl sites for hydroxylation is 1. The third-order valence-electron chi connectivity index (χ3n) is 5.84. The number of aromatic nitrogens is 2. The van der Waals surface area contributed by atoms with Crippen molar-refractivity contribution in [2.75, 3.05) is 11.9 Å². The van der Waals surface area contributed by atoms with Gasteiger partial charge in [0.1, 0.15) is 5.84 Å². The standard InChI is InChI=1S/C25H29N5O4S/c1-2-3-16-30-25(32)21-13-7-6-12-20(21)23(28-30)24(31)27-18-10-9-11-19(17-18)35(33,34)29-22-14-5-4-8-15-26-22/h6-7,9-13,17H,2-5,8,14-16H2,1H3,(H,26,29)(H,27,31). The van der Waals surface area contributed by atoms with Crippen LogP contribution in [0.4, 0.5) is 5.69 Å². The molecular weight excluding hydrogens is 466 g/mol. The highest BCUT2D eigenvalue weighted by molar-refractivity contribution is 7.90. The lowest BCUT2D eigenvalue weighted by Gasteiger charge is -2.13. The van der Waals surface area contributed by atoms with E-state index in [-0.39, 0.29) is 16.1 Å². The zero-order chi connectivity index (χ0) is 24.8. The summed E-state index contributed by atoms with van der Waals surface area (Å²) in [4.78, 5) is 30.4. The lowest BCUT2D eigenvalue weighted by molar-refractivity contribution is 0.102. The lowest BCUT2D eigenvalue weighted by atomic mass is 10.1. The molecular formula is C25H29N5O4S. The summed E-state index contributed by atoms with van der Waals surface area (Å²) in [6.45, 7) is 3.02. The van der Waals surface area contributed by atoms with Gasteiger partial charge < -0.3 is 5.32 Å². The first-order valence-corrected chi connectivity index (χ1v) is 13.3. The van der Waals surface area contributed by atoms with Crippen molar-refractivity contribution in [3.05, 3.63) is 64.6 Å². The maximum Gasteiger partial charge on any atom is 0.276 e. The molecule has 0 aliphatic carbocycles. The van der Waals surface area contributed by atoms with E-state index in [9.17, 15) is 18.0 Å². The first-order chi connectivity index (χ1) is 16.9. The Morgan fingerprint density at radius 3 is 2.66 bits per heavy atom. The number of benzene rings is 2. The van der Waals surface area contributed by atoms with E-state index < -0.39 is 15.9 Å². The van der Waals surface area contributed by atoms with Gasteiger partial charge >= 0.3 is 0 Å². The summed E-state index contributed by atoms with van der Waals surface area (Å²) in [5.41, 5.74) is 0.166. The van der Waals surface area contributed by atoms with Crippen LogP contribution in [0.5, 0.6) is 0 Å². The van der Waals surface area contributed by atoms with Crippen molar-refractivity contribution in [1.29, 1.82) is 0 Å². The van der Waals surface area contributed by atoms with Crippen LogP contribution in [0.3, 0.4) is 0 Å². The molecule has 1 aliphatic rings. The quantitative estimate of drug-likeness (QED) is 0.517. The van der Waals surface area contributed by atoms with Crippen LogP contribution in [-0.4, -0.2) is 36.5 Å². The van der Waals surface area contributed by atoms with Gasteiger partial charge in [0, 0.05) is 30.6 Å². The molecule has 0 saturated carbocycles. The number of rotatable bonds is 7. The van der Waals surface area contributed by atoms with E-state index in [0.29, 0.717) is 41.8 Å². The number of sulfonamides is 1. The van der Waals surface area contributed by atoms with E-state index in [2.05, 4.69) is 20.1 Å². The molecule has 0 fully saturated rings. The Kier molecular flexibility index (Phi) is 7.60. The SMILES string of the molecule is CCCCn1nc(C(=O)Nc2cccc(S(=O)(=O)NC3=NCCCCC3)c2)c2ccccc2c1=O. The Balaban J connectivity index is 1.61. The molecule has 2 N–H and O–H groups in total. The molecule has 1 aromatic heterocycles. The van der Waals surface area contributed by atoms with Gasteiger partial charge in [-0.2, -0.15) is 5.10 Å². The molecule has 1 amide bonds. The van der Waals surface area contributed by atoms with Gasteiger partial charge in [0.05, 0.1) is 10.3 Å². The van der Waals surface area contributed by atoms with Crippen molar-refractivity contribution < 1.29 is 13.2 Å². The summed E-state index contributed by atoms with van der Waals surface area (Å²) in [5, 5.41) is 7.93. The van der Waals surface area contributed by atoms with Crippen LogP contribution in [0.15, 0.2) is 63.2 Å². The molecule has 10 heteroatoms. The van der Waals surface area contributed by atoms with E-state index in [1.54, 1.807) is 36.4 Å². The highest BCUT2D eigenvalue weighted by atomic mass is 32.2. The molecule has 0 atom stereocenters. The molecule has 4 rings (SSSR count). The second kappa shape index (κ2) is 10.8. The Morgan fingerprint density at radius 1 is 1.06 bits per heavy atom. The first kappa shape index (κ1) is 24.6. The summed E-state index contributed by atoms with van der Waals surface area (Å²) in [6, 6.07) is 12.9. The smallest absolute Gasteiger partial charge is 0.276 e. The van der Waals surface area contributed by atoms with Gasteiger partial charge in [-0.1, -0.05) is 44.0 Å². The van der Waals surface area contributed by atoms with E-state index >= 15 is 0 Å². The molecule has 35 heavy (non-hydrogen) atoms. The van der Waals surface area contributed by atoms with Gasteiger partial charge in [-0.05, 0) is 43.5 Å². The van der Waals surface area contributed by atoms with Crippen LogP contribution < -0.4 is 15.6 Å². The fourth-order valence-electron chi connectivity index (χ4n) is 3.97. The van der Waals surface area contributed by atoms with Crippen molar-refractivity contribution in [1.82, 2.24) is 14.5 Å². The van der Waals surface area contributed by atoms with Crippen molar-refractivity contribution in [2.24, 2.45) is 4.99 Å². The number of amides is 1. The predicted octanol–water partition coefficient (Wildman–Crippen LogP) is 3.70. The number of nitrogens with zero attached hydrogens (tertiary/aromatic N) is 3. The third kappa shape index (κ3) is 5.76. The molecule has 1 aliphatic heterocycles. The lowest BCUT2D eigenvalue weighted by Crippen LogP contribution is -2.30. The zero-order valence-corrected chi connectivity index (χ0v) is 20.5. The van der Waals surface area contributed by atoms with Gasteiger partial charge in [0.25, 0.3) is 21.5 Å². The minimum absolute atomic E-state index is 0.0213. The fourth-order valence-corrected chi connectivity index (χ4v) is 5.10. The van der Waals surface area contributed by atoms with E-state index in [4.69, 9.17) is 0 Å². The third-order valence-corrected chi connectivity index (χ3v) is 7.21. The summed E-state index contributed by atoms with van der Waals surface area (Å²) < 4.78 is 29.7. The van der Waals surface area contributed by atoms with Crippen LogP contribution in [-0.2, 0) is 16.6 Å². The highest BCUT2D eigenvalue weighted by Crippen LogP contribution is 2.19. The predicted molar refractivity (Wildman–Crippen MR) is 136 cm³/mol. The number of nitrogens with one attached hydrogen (secondary N) is 2. The Morgan fingerprint density at radius 2 is 1.86 bits per heavy atom. The Bertz CT molecular complexity index is 1430. The second-order valence-electron chi connectivity index (χ2n) is 8.50. The molecule has 0 unspecified atom stereocenters. The number of anilines is 1. The topological polar surface area (TPSA) is 123 Å². The number of carbonyl (C=O) groups is 1. The Labute approximate surface area is 204 Å². The molecule has 9 nitrogen and oxygen atoms in total. The van der Waals surface area contributed by atoms with Crippen LogP contribution >= 0.6 is 0 Å². The number of hydrogen-bond donors (Lipinski definition) is 2.